The van der Waals surface area contributed by atoms with Crippen LogP contribution in [-0.4, -0.2) is 10.2 Å². The van der Waals surface area contributed by atoms with Crippen molar-refractivity contribution in [2.24, 2.45) is 0 Å². The molecule has 3 aromatic rings. The lowest BCUT2D eigenvalue weighted by Crippen LogP contribution is -1.95. The Morgan fingerprint density at radius 1 is 0.857 bits per heavy atom. The van der Waals surface area contributed by atoms with Crippen molar-refractivity contribution in [2.75, 3.05) is 0 Å². The summed E-state index contributed by atoms with van der Waals surface area (Å²) in [7, 11) is 0. The second-order valence-corrected chi connectivity index (χ2v) is 5.32. The molecule has 0 radical (unpaired) electrons. The third-order valence-corrected chi connectivity index (χ3v) is 4.07. The highest BCUT2D eigenvalue weighted by Crippen LogP contribution is 2.44. The van der Waals surface area contributed by atoms with Gasteiger partial charge in [0.05, 0.1) is 0 Å². The van der Waals surface area contributed by atoms with Crippen molar-refractivity contribution < 1.29 is 10.2 Å². The van der Waals surface area contributed by atoms with Crippen molar-refractivity contribution in [1.29, 1.82) is 0 Å². The van der Waals surface area contributed by atoms with E-state index in [-0.39, 0.29) is 11.5 Å². The van der Waals surface area contributed by atoms with Gasteiger partial charge in [-0.15, -0.1) is 0 Å². The molecule has 0 atom stereocenters. The molecular weight excluding hydrogens is 260 g/mol. The van der Waals surface area contributed by atoms with Crippen molar-refractivity contribution >= 4 is 16.8 Å². The van der Waals surface area contributed by atoms with E-state index in [1.54, 1.807) is 18.2 Å². The van der Waals surface area contributed by atoms with E-state index in [4.69, 9.17) is 0 Å². The molecule has 0 amide bonds. The standard InChI is InChI=1S/C19H14O2/c20-16-10-2-1-8-14(16)19-15-9-4-6-12-5-3-7-13(18(12)15)11-17(19)21/h1-4,6-11,20-21H,5H2. The average Bonchev–Trinajstić information content (AvgIpc) is 2.49. The first-order valence-electron chi connectivity index (χ1n) is 6.98. The quantitative estimate of drug-likeness (QED) is 0.686. The molecule has 4 rings (SSSR count). The summed E-state index contributed by atoms with van der Waals surface area (Å²) in [6.07, 6.45) is 5.05. The summed E-state index contributed by atoms with van der Waals surface area (Å²) in [5, 5.41) is 22.7. The summed E-state index contributed by atoms with van der Waals surface area (Å²) in [5.41, 5.74) is 3.64. The molecule has 0 fully saturated rings. The third-order valence-electron chi connectivity index (χ3n) is 4.07. The number of hydrogen-bond acceptors (Lipinski definition) is 2. The summed E-state index contributed by atoms with van der Waals surface area (Å²) in [4.78, 5) is 0. The summed E-state index contributed by atoms with van der Waals surface area (Å²) < 4.78 is 0. The van der Waals surface area contributed by atoms with Crippen LogP contribution >= 0.6 is 0 Å². The van der Waals surface area contributed by atoms with Gasteiger partial charge in [-0.1, -0.05) is 48.6 Å². The highest BCUT2D eigenvalue weighted by Gasteiger charge is 2.17. The Morgan fingerprint density at radius 3 is 2.57 bits per heavy atom. The number of para-hydroxylation sites is 1. The van der Waals surface area contributed by atoms with Gasteiger partial charge in [-0.05, 0) is 40.5 Å². The minimum absolute atomic E-state index is 0.180. The molecule has 2 N–H and O–H groups in total. The molecule has 0 aromatic heterocycles. The van der Waals surface area contributed by atoms with Crippen LogP contribution in [-0.2, 0) is 6.42 Å². The fourth-order valence-electron chi connectivity index (χ4n) is 3.16. The van der Waals surface area contributed by atoms with Gasteiger partial charge in [-0.3, -0.25) is 0 Å². The normalized spacial score (nSPS) is 12.8. The molecule has 3 aromatic carbocycles. The molecular formula is C19H14O2. The van der Waals surface area contributed by atoms with Crippen LogP contribution in [0.25, 0.3) is 28.0 Å². The van der Waals surface area contributed by atoms with Crippen molar-refractivity contribution in [3.05, 3.63) is 65.7 Å². The van der Waals surface area contributed by atoms with Crippen LogP contribution < -0.4 is 0 Å². The number of hydrogen-bond donors (Lipinski definition) is 2. The monoisotopic (exact) mass is 274 g/mol. The predicted octanol–water partition coefficient (Wildman–Crippen LogP) is 4.49. The Kier molecular flexibility index (Phi) is 2.51. The smallest absolute Gasteiger partial charge is 0.124 e. The molecule has 102 valence electrons. The summed E-state index contributed by atoms with van der Waals surface area (Å²) >= 11 is 0. The molecule has 0 aliphatic heterocycles. The highest BCUT2D eigenvalue weighted by atomic mass is 16.3. The molecule has 0 saturated heterocycles. The van der Waals surface area contributed by atoms with E-state index in [0.29, 0.717) is 11.1 Å². The zero-order chi connectivity index (χ0) is 14.4. The van der Waals surface area contributed by atoms with Gasteiger partial charge in [0.2, 0.25) is 0 Å². The lowest BCUT2D eigenvalue weighted by Gasteiger charge is -2.17. The van der Waals surface area contributed by atoms with E-state index in [2.05, 4.69) is 12.1 Å². The second-order valence-electron chi connectivity index (χ2n) is 5.32. The number of allylic oxidation sites excluding steroid dienone is 1. The minimum Gasteiger partial charge on any atom is -0.507 e. The van der Waals surface area contributed by atoms with Crippen molar-refractivity contribution in [1.82, 2.24) is 0 Å². The van der Waals surface area contributed by atoms with Crippen LogP contribution in [0.1, 0.15) is 11.1 Å². The molecule has 0 spiro atoms. The van der Waals surface area contributed by atoms with Gasteiger partial charge in [-0.25, -0.2) is 0 Å². The fraction of sp³-hybridized carbons (Fsp3) is 0.0526. The molecule has 21 heavy (non-hydrogen) atoms. The summed E-state index contributed by atoms with van der Waals surface area (Å²) in [6.45, 7) is 0. The molecule has 0 heterocycles. The SMILES string of the molecule is Oc1ccccc1-c1c(O)cc2c3c(cccc13)CC=C2. The second kappa shape index (κ2) is 4.38. The Balaban J connectivity index is 2.17. The van der Waals surface area contributed by atoms with Crippen LogP contribution in [0, 0.1) is 0 Å². The Labute approximate surface area is 122 Å². The molecule has 2 heteroatoms. The summed E-state index contributed by atoms with van der Waals surface area (Å²) in [5.74, 6) is 0.377. The maximum atomic E-state index is 10.5. The number of phenolic OH excluding ortho intramolecular Hbond substituents is 2. The maximum Gasteiger partial charge on any atom is 0.124 e. The lowest BCUT2D eigenvalue weighted by molar-refractivity contribution is 0.469. The Hall–Kier alpha value is -2.74. The van der Waals surface area contributed by atoms with Gasteiger partial charge in [0.15, 0.2) is 0 Å². The van der Waals surface area contributed by atoms with Gasteiger partial charge in [0.1, 0.15) is 11.5 Å². The van der Waals surface area contributed by atoms with Crippen molar-refractivity contribution in [3.63, 3.8) is 0 Å². The van der Waals surface area contributed by atoms with E-state index >= 15 is 0 Å². The van der Waals surface area contributed by atoms with E-state index in [9.17, 15) is 10.2 Å². The van der Waals surface area contributed by atoms with Gasteiger partial charge in [0, 0.05) is 11.1 Å². The van der Waals surface area contributed by atoms with Crippen LogP contribution in [0.3, 0.4) is 0 Å². The van der Waals surface area contributed by atoms with E-state index in [1.807, 2.05) is 30.3 Å². The molecule has 1 aliphatic rings. The van der Waals surface area contributed by atoms with Crippen LogP contribution in [0.15, 0.2) is 54.6 Å². The van der Waals surface area contributed by atoms with Crippen LogP contribution in [0.4, 0.5) is 0 Å². The maximum absolute atomic E-state index is 10.5. The lowest BCUT2D eigenvalue weighted by atomic mass is 9.88. The molecule has 1 aliphatic carbocycles. The highest BCUT2D eigenvalue weighted by molar-refractivity contribution is 6.06. The first-order chi connectivity index (χ1) is 10.3. The van der Waals surface area contributed by atoms with E-state index in [0.717, 1.165) is 22.8 Å². The van der Waals surface area contributed by atoms with Gasteiger partial charge in [-0.2, -0.15) is 0 Å². The topological polar surface area (TPSA) is 40.5 Å². The predicted molar refractivity (Wildman–Crippen MR) is 85.5 cm³/mol. The van der Waals surface area contributed by atoms with Gasteiger partial charge < -0.3 is 10.2 Å². The zero-order valence-electron chi connectivity index (χ0n) is 11.4. The van der Waals surface area contributed by atoms with Crippen LogP contribution in [0.5, 0.6) is 11.5 Å². The number of benzene rings is 3. The van der Waals surface area contributed by atoms with Gasteiger partial charge in [0.25, 0.3) is 0 Å². The van der Waals surface area contributed by atoms with E-state index < -0.39 is 0 Å². The Morgan fingerprint density at radius 2 is 1.71 bits per heavy atom. The first kappa shape index (κ1) is 12.0. The minimum atomic E-state index is 0.180. The number of rotatable bonds is 1. The number of phenols is 2. The zero-order valence-corrected chi connectivity index (χ0v) is 11.4. The Bertz CT molecular complexity index is 891. The van der Waals surface area contributed by atoms with Crippen molar-refractivity contribution in [3.8, 4) is 22.6 Å². The summed E-state index contributed by atoms with van der Waals surface area (Å²) in [6, 6.07) is 15.0. The average molecular weight is 274 g/mol. The third kappa shape index (κ3) is 1.73. The number of aromatic hydroxyl groups is 2. The fourth-order valence-corrected chi connectivity index (χ4v) is 3.16. The first-order valence-corrected chi connectivity index (χ1v) is 6.98. The molecule has 0 bridgehead atoms. The van der Waals surface area contributed by atoms with E-state index in [1.165, 1.54) is 5.56 Å². The molecule has 0 saturated carbocycles. The molecule has 2 nitrogen and oxygen atoms in total. The van der Waals surface area contributed by atoms with Gasteiger partial charge >= 0.3 is 0 Å². The van der Waals surface area contributed by atoms with Crippen molar-refractivity contribution in [2.45, 2.75) is 6.42 Å². The molecule has 0 unspecified atom stereocenters. The largest absolute Gasteiger partial charge is 0.507 e. The van der Waals surface area contributed by atoms with Crippen LogP contribution in [0.2, 0.25) is 0 Å².